The molecule has 2 amide bonds. The monoisotopic (exact) mass is 415 g/mol. The molecule has 0 saturated heterocycles. The van der Waals surface area contributed by atoms with Crippen molar-refractivity contribution in [2.75, 3.05) is 11.9 Å². The molecular formula is C19H19F2N7O2. The molecule has 4 rings (SSSR count). The van der Waals surface area contributed by atoms with Crippen LogP contribution in [-0.2, 0) is 17.9 Å². The molecule has 0 saturated carbocycles. The lowest BCUT2D eigenvalue weighted by molar-refractivity contribution is -0.120. The minimum Gasteiger partial charge on any atom is -0.337 e. The van der Waals surface area contributed by atoms with Crippen LogP contribution in [0.15, 0.2) is 30.9 Å². The van der Waals surface area contributed by atoms with Crippen molar-refractivity contribution in [1.82, 2.24) is 29.6 Å². The third kappa shape index (κ3) is 3.65. The highest BCUT2D eigenvalue weighted by atomic mass is 19.1. The number of benzene rings is 1. The zero-order valence-electron chi connectivity index (χ0n) is 16.3. The quantitative estimate of drug-likeness (QED) is 0.692. The number of amides is 2. The van der Waals surface area contributed by atoms with E-state index in [4.69, 9.17) is 0 Å². The Morgan fingerprint density at radius 3 is 2.87 bits per heavy atom. The fourth-order valence-electron chi connectivity index (χ4n) is 3.48. The van der Waals surface area contributed by atoms with Crippen LogP contribution in [0.3, 0.4) is 0 Å². The molecule has 3 heterocycles. The molecule has 1 N–H and O–H groups in total. The van der Waals surface area contributed by atoms with Crippen LogP contribution in [0.25, 0.3) is 0 Å². The van der Waals surface area contributed by atoms with Crippen molar-refractivity contribution < 1.29 is 18.4 Å². The second kappa shape index (κ2) is 7.65. The zero-order valence-corrected chi connectivity index (χ0v) is 16.3. The van der Waals surface area contributed by atoms with Gasteiger partial charge in [-0.25, -0.2) is 23.4 Å². The first-order chi connectivity index (χ1) is 14.3. The highest BCUT2D eigenvalue weighted by molar-refractivity contribution is 6.01. The Bertz CT molecular complexity index is 1120. The van der Waals surface area contributed by atoms with Gasteiger partial charge in [-0.2, -0.15) is 0 Å². The molecule has 156 valence electrons. The number of imidazole rings is 1. The lowest BCUT2D eigenvalue weighted by atomic mass is 10.2. The van der Waals surface area contributed by atoms with Gasteiger partial charge in [0.15, 0.2) is 0 Å². The maximum Gasteiger partial charge on any atom is 0.291 e. The number of aromatic nitrogens is 5. The van der Waals surface area contributed by atoms with Crippen LogP contribution >= 0.6 is 0 Å². The second-order valence-electron chi connectivity index (χ2n) is 7.06. The number of nitrogens with one attached hydrogen (secondary N) is 1. The average Bonchev–Trinajstić information content (AvgIpc) is 3.30. The van der Waals surface area contributed by atoms with Crippen molar-refractivity contribution >= 4 is 17.6 Å². The summed E-state index contributed by atoms with van der Waals surface area (Å²) in [6, 6.07) is 2.35. The van der Waals surface area contributed by atoms with Gasteiger partial charge in [0.1, 0.15) is 29.8 Å². The number of likely N-dealkylation sites (N-methyl/N-ethyl adjacent to an activating group) is 1. The molecule has 0 aliphatic carbocycles. The first kappa shape index (κ1) is 19.7. The summed E-state index contributed by atoms with van der Waals surface area (Å²) in [6.07, 6.45) is 3.29. The summed E-state index contributed by atoms with van der Waals surface area (Å²) in [7, 11) is 1.63. The van der Waals surface area contributed by atoms with E-state index in [9.17, 15) is 18.4 Å². The standard InChI is InChI=1S/C19H19F2N7O2/c1-11-18-26(2)19(30)15(5-6-27(18)9-22-11)24-17(29)16-23-10-28(25-16)8-12-7-13(20)3-4-14(12)21/h3-4,7,9-10,15H,5-6,8H2,1-2H3,(H,24,29)/t15-/m1/s1. The number of hydrogen-bond donors (Lipinski definition) is 1. The van der Waals surface area contributed by atoms with Gasteiger partial charge in [-0.15, -0.1) is 5.10 Å². The lowest BCUT2D eigenvalue weighted by Gasteiger charge is -2.20. The Balaban J connectivity index is 1.46. The summed E-state index contributed by atoms with van der Waals surface area (Å²) in [4.78, 5) is 35.0. The maximum atomic E-state index is 13.8. The van der Waals surface area contributed by atoms with E-state index in [1.165, 1.54) is 15.9 Å². The van der Waals surface area contributed by atoms with Gasteiger partial charge < -0.3 is 9.88 Å². The predicted molar refractivity (Wildman–Crippen MR) is 102 cm³/mol. The number of carbonyl (C=O) groups is 2. The van der Waals surface area contributed by atoms with Crippen molar-refractivity contribution in [3.05, 3.63) is 59.6 Å². The topological polar surface area (TPSA) is 97.9 Å². The molecule has 30 heavy (non-hydrogen) atoms. The van der Waals surface area contributed by atoms with Crippen LogP contribution in [0.5, 0.6) is 0 Å². The Labute approximate surface area is 170 Å². The fourth-order valence-corrected chi connectivity index (χ4v) is 3.48. The smallest absolute Gasteiger partial charge is 0.291 e. The summed E-state index contributed by atoms with van der Waals surface area (Å²) in [5.41, 5.74) is 0.807. The van der Waals surface area contributed by atoms with Gasteiger partial charge in [0, 0.05) is 19.2 Å². The van der Waals surface area contributed by atoms with Crippen LogP contribution in [0.4, 0.5) is 14.6 Å². The molecule has 1 aliphatic rings. The molecule has 0 fully saturated rings. The molecule has 0 spiro atoms. The first-order valence-electron chi connectivity index (χ1n) is 9.27. The van der Waals surface area contributed by atoms with E-state index in [0.29, 0.717) is 18.8 Å². The minimum absolute atomic E-state index is 0.0818. The summed E-state index contributed by atoms with van der Waals surface area (Å²) in [6.45, 7) is 2.24. The molecule has 11 heteroatoms. The van der Waals surface area contributed by atoms with Crippen molar-refractivity contribution in [3.8, 4) is 0 Å². The molecule has 2 aromatic heterocycles. The second-order valence-corrected chi connectivity index (χ2v) is 7.06. The van der Waals surface area contributed by atoms with Gasteiger partial charge in [-0.1, -0.05) is 0 Å². The van der Waals surface area contributed by atoms with Crippen LogP contribution in [0.1, 0.15) is 28.3 Å². The molecular weight excluding hydrogens is 396 g/mol. The van der Waals surface area contributed by atoms with E-state index in [0.717, 1.165) is 23.9 Å². The number of rotatable bonds is 4. The van der Waals surface area contributed by atoms with Crippen molar-refractivity contribution in [3.63, 3.8) is 0 Å². The minimum atomic E-state index is -0.755. The van der Waals surface area contributed by atoms with Gasteiger partial charge in [0.25, 0.3) is 11.8 Å². The summed E-state index contributed by atoms with van der Waals surface area (Å²) < 4.78 is 30.2. The van der Waals surface area contributed by atoms with Crippen molar-refractivity contribution in [2.45, 2.75) is 32.5 Å². The van der Waals surface area contributed by atoms with Gasteiger partial charge in [-0.3, -0.25) is 14.5 Å². The fraction of sp³-hybridized carbons (Fsp3) is 0.316. The molecule has 1 aliphatic heterocycles. The molecule has 0 radical (unpaired) electrons. The molecule has 0 unspecified atom stereocenters. The third-order valence-electron chi connectivity index (χ3n) is 4.98. The highest BCUT2D eigenvalue weighted by Gasteiger charge is 2.31. The third-order valence-corrected chi connectivity index (χ3v) is 4.98. The molecule has 9 nitrogen and oxygen atoms in total. The first-order valence-corrected chi connectivity index (χ1v) is 9.27. The molecule has 3 aromatic rings. The van der Waals surface area contributed by atoms with Gasteiger partial charge in [0.05, 0.1) is 18.6 Å². The Morgan fingerprint density at radius 1 is 1.27 bits per heavy atom. The van der Waals surface area contributed by atoms with E-state index in [1.54, 1.807) is 13.4 Å². The van der Waals surface area contributed by atoms with E-state index in [-0.39, 0.29) is 23.8 Å². The SMILES string of the molecule is Cc1ncn2c1N(C)C(=O)[C@H](NC(=O)c1ncn(Cc3cc(F)ccc3F)n1)CC2. The summed E-state index contributed by atoms with van der Waals surface area (Å²) in [5, 5.41) is 6.68. The van der Waals surface area contributed by atoms with E-state index < -0.39 is 23.6 Å². The van der Waals surface area contributed by atoms with E-state index >= 15 is 0 Å². The van der Waals surface area contributed by atoms with Crippen LogP contribution in [0.2, 0.25) is 0 Å². The average molecular weight is 415 g/mol. The molecule has 1 atom stereocenters. The highest BCUT2D eigenvalue weighted by Crippen LogP contribution is 2.23. The van der Waals surface area contributed by atoms with Crippen LogP contribution in [-0.4, -0.2) is 49.2 Å². The maximum absolute atomic E-state index is 13.8. The Kier molecular flexibility index (Phi) is 5.02. The normalized spacial score (nSPS) is 16.3. The van der Waals surface area contributed by atoms with Crippen LogP contribution < -0.4 is 10.2 Å². The summed E-state index contributed by atoms with van der Waals surface area (Å²) >= 11 is 0. The number of anilines is 1. The Morgan fingerprint density at radius 2 is 2.07 bits per heavy atom. The largest absolute Gasteiger partial charge is 0.337 e. The molecule has 0 bridgehead atoms. The lowest BCUT2D eigenvalue weighted by Crippen LogP contribution is -2.47. The number of halogens is 2. The van der Waals surface area contributed by atoms with E-state index in [2.05, 4.69) is 20.4 Å². The van der Waals surface area contributed by atoms with Gasteiger partial charge >= 0.3 is 0 Å². The number of hydrogen-bond acceptors (Lipinski definition) is 5. The number of fused-ring (bicyclic) bond motifs is 1. The van der Waals surface area contributed by atoms with Crippen molar-refractivity contribution in [1.29, 1.82) is 0 Å². The van der Waals surface area contributed by atoms with Crippen molar-refractivity contribution in [2.24, 2.45) is 0 Å². The van der Waals surface area contributed by atoms with Crippen LogP contribution in [0, 0.1) is 18.6 Å². The van der Waals surface area contributed by atoms with Gasteiger partial charge in [-0.05, 0) is 31.5 Å². The predicted octanol–water partition coefficient (Wildman–Crippen LogP) is 1.27. The number of carbonyl (C=O) groups excluding carboxylic acids is 2. The van der Waals surface area contributed by atoms with Gasteiger partial charge in [0.2, 0.25) is 5.82 Å². The number of nitrogens with zero attached hydrogens (tertiary/aromatic N) is 6. The van der Waals surface area contributed by atoms with E-state index in [1.807, 2.05) is 11.5 Å². The zero-order chi connectivity index (χ0) is 21.4. The Hall–Kier alpha value is -3.63. The molecule has 1 aromatic carbocycles. The summed E-state index contributed by atoms with van der Waals surface area (Å²) in [5.74, 6) is -1.52. The number of aryl methyl sites for hydroxylation is 2.